The molecule has 1 rings (SSSR count). The Bertz CT molecular complexity index is 756. The molecule has 0 fully saturated rings. The molecular weight excluding hydrogens is 365 g/mol. The van der Waals surface area contributed by atoms with Crippen molar-refractivity contribution in [2.24, 2.45) is 0 Å². The highest BCUT2D eigenvalue weighted by Crippen LogP contribution is 2.31. The zero-order valence-electron chi connectivity index (χ0n) is 14.4. The van der Waals surface area contributed by atoms with Gasteiger partial charge in [-0.15, -0.1) is 0 Å². The molecule has 134 valence electrons. The molecule has 0 radical (unpaired) electrons. The first-order chi connectivity index (χ1) is 11.5. The lowest BCUT2D eigenvalue weighted by atomic mass is 10.0. The first-order valence-corrected chi connectivity index (χ1v) is 8.67. The number of thiocarbonyl (C=S) groups is 1. The molecule has 0 aromatic heterocycles. The number of hydrogen-bond acceptors (Lipinski definition) is 3. The van der Waals surface area contributed by atoms with Gasteiger partial charge in [-0.25, -0.2) is 0 Å². The molecule has 0 aliphatic carbocycles. The van der Waals surface area contributed by atoms with Crippen LogP contribution in [-0.2, 0) is 11.0 Å². The number of carbonyl (C=O) groups excluding carboxylic acids is 1. The highest BCUT2D eigenvalue weighted by Gasteiger charge is 2.30. The summed E-state index contributed by atoms with van der Waals surface area (Å²) in [6, 6.07) is 5.19. The summed E-state index contributed by atoms with van der Waals surface area (Å²) in [5.74, 6) is -0.0828. The third kappa shape index (κ3) is 7.40. The Morgan fingerprint density at radius 1 is 1.12 bits per heavy atom. The van der Waals surface area contributed by atoms with E-state index in [2.05, 4.69) is 0 Å². The van der Waals surface area contributed by atoms with Crippen molar-refractivity contribution in [3.8, 4) is 0 Å². The number of benzene rings is 1. The Hall–Kier alpha value is -1.66. The van der Waals surface area contributed by atoms with E-state index in [0.29, 0.717) is 20.2 Å². The van der Waals surface area contributed by atoms with Crippen molar-refractivity contribution in [3.63, 3.8) is 0 Å². The van der Waals surface area contributed by atoms with Crippen LogP contribution in [0, 0.1) is 0 Å². The molecule has 0 bridgehead atoms. The zero-order chi connectivity index (χ0) is 19.2. The molecule has 25 heavy (non-hydrogen) atoms. The second kappa shape index (κ2) is 9.15. The van der Waals surface area contributed by atoms with Crippen molar-refractivity contribution in [2.75, 3.05) is 0 Å². The van der Waals surface area contributed by atoms with Crippen LogP contribution in [0.15, 0.2) is 53.0 Å². The molecule has 6 heteroatoms. The van der Waals surface area contributed by atoms with Gasteiger partial charge in [0, 0.05) is 4.20 Å². The molecule has 0 amide bonds. The monoisotopic (exact) mass is 384 g/mol. The Kier molecular flexibility index (Phi) is 7.83. The molecule has 0 N–H and O–H groups in total. The van der Waals surface area contributed by atoms with Gasteiger partial charge in [-0.2, -0.15) is 13.2 Å². The lowest BCUT2D eigenvalue weighted by Crippen LogP contribution is -2.04. The van der Waals surface area contributed by atoms with Crippen molar-refractivity contribution in [3.05, 3.63) is 64.1 Å². The van der Waals surface area contributed by atoms with Gasteiger partial charge in [-0.05, 0) is 62.6 Å². The zero-order valence-corrected chi connectivity index (χ0v) is 16.0. The molecule has 0 saturated carbocycles. The number of thioether (sulfide) groups is 1. The smallest absolute Gasteiger partial charge is 0.294 e. The van der Waals surface area contributed by atoms with Crippen LogP contribution in [0.3, 0.4) is 0 Å². The largest absolute Gasteiger partial charge is 0.416 e. The van der Waals surface area contributed by atoms with Crippen LogP contribution in [-0.4, -0.2) is 9.98 Å². The van der Waals surface area contributed by atoms with E-state index in [0.717, 1.165) is 17.7 Å². The minimum atomic E-state index is -4.36. The van der Waals surface area contributed by atoms with E-state index in [1.54, 1.807) is 38.1 Å². The minimum absolute atomic E-state index is 0.0828. The van der Waals surface area contributed by atoms with Gasteiger partial charge in [0.15, 0.2) is 5.78 Å². The molecule has 0 saturated heterocycles. The summed E-state index contributed by atoms with van der Waals surface area (Å²) in [7, 11) is 0. The lowest BCUT2D eigenvalue weighted by Gasteiger charge is -2.08. The topological polar surface area (TPSA) is 17.1 Å². The van der Waals surface area contributed by atoms with E-state index >= 15 is 0 Å². The van der Waals surface area contributed by atoms with E-state index in [9.17, 15) is 18.0 Å². The molecule has 1 aromatic rings. The van der Waals surface area contributed by atoms with E-state index < -0.39 is 11.7 Å². The number of alkyl halides is 3. The SMILES string of the molecule is CC(=O)\C(=C/C(C)=C/C=C(\C)c1cccc(C(F)(F)F)c1)SC(C)=S. The fourth-order valence-corrected chi connectivity index (χ4v) is 2.87. The first kappa shape index (κ1) is 21.4. The maximum atomic E-state index is 12.8. The predicted molar refractivity (Wildman–Crippen MR) is 103 cm³/mol. The van der Waals surface area contributed by atoms with Gasteiger partial charge in [0.2, 0.25) is 0 Å². The minimum Gasteiger partial charge on any atom is -0.294 e. The number of halogens is 3. The number of hydrogen-bond donors (Lipinski definition) is 0. The van der Waals surface area contributed by atoms with Crippen molar-refractivity contribution in [1.29, 1.82) is 0 Å². The Labute approximate surface area is 155 Å². The Morgan fingerprint density at radius 2 is 1.76 bits per heavy atom. The molecule has 0 unspecified atom stereocenters. The van der Waals surface area contributed by atoms with Gasteiger partial charge in [0.05, 0.1) is 10.5 Å². The highest BCUT2D eigenvalue weighted by molar-refractivity contribution is 8.26. The van der Waals surface area contributed by atoms with Gasteiger partial charge in [-0.1, -0.05) is 48.3 Å². The number of rotatable bonds is 5. The summed E-state index contributed by atoms with van der Waals surface area (Å²) in [5.41, 5.74) is 1.32. The van der Waals surface area contributed by atoms with Crippen LogP contribution in [0.5, 0.6) is 0 Å². The molecule has 0 atom stereocenters. The molecule has 0 heterocycles. The molecular formula is C19H19F3OS2. The second-order valence-corrected chi connectivity index (χ2v) is 7.62. The van der Waals surface area contributed by atoms with E-state index in [4.69, 9.17) is 12.2 Å². The molecule has 1 aromatic carbocycles. The Morgan fingerprint density at radius 3 is 2.28 bits per heavy atom. The summed E-state index contributed by atoms with van der Waals surface area (Å²) in [6.45, 7) is 6.77. The maximum Gasteiger partial charge on any atom is 0.416 e. The van der Waals surface area contributed by atoms with E-state index in [-0.39, 0.29) is 5.78 Å². The molecule has 0 aliphatic heterocycles. The molecule has 1 nitrogen and oxygen atoms in total. The maximum absolute atomic E-state index is 12.8. The Balaban J connectivity index is 3.08. The number of ketones is 1. The van der Waals surface area contributed by atoms with E-state index in [1.807, 2.05) is 6.92 Å². The average molecular weight is 384 g/mol. The highest BCUT2D eigenvalue weighted by atomic mass is 32.2. The molecule has 0 aliphatic rings. The quantitative estimate of drug-likeness (QED) is 0.323. The van der Waals surface area contributed by atoms with Crippen LogP contribution in [0.2, 0.25) is 0 Å². The second-order valence-electron chi connectivity index (χ2n) is 5.50. The van der Waals surface area contributed by atoms with Gasteiger partial charge >= 0.3 is 6.18 Å². The van der Waals surface area contributed by atoms with E-state index in [1.165, 1.54) is 24.8 Å². The normalized spacial score (nSPS) is 13.8. The summed E-state index contributed by atoms with van der Waals surface area (Å²) < 4.78 is 39.0. The predicted octanol–water partition coefficient (Wildman–Crippen LogP) is 6.61. The van der Waals surface area contributed by atoms with Crippen LogP contribution in [0.25, 0.3) is 5.57 Å². The summed E-state index contributed by atoms with van der Waals surface area (Å²) in [6.07, 6.45) is 0.849. The number of Topliss-reactive ketones (excluding diaryl/α,β-unsaturated/α-hetero) is 1. The fourth-order valence-electron chi connectivity index (χ4n) is 1.91. The summed E-state index contributed by atoms with van der Waals surface area (Å²) in [5, 5.41) is 0. The average Bonchev–Trinajstić information content (AvgIpc) is 2.50. The third-order valence-corrected chi connectivity index (χ3v) is 4.36. The van der Waals surface area contributed by atoms with Gasteiger partial charge in [-0.3, -0.25) is 4.79 Å². The standard InChI is InChI=1S/C19H19F3OS2/c1-12(10-18(14(3)23)25-15(4)24)8-9-13(2)16-6-5-7-17(11-16)19(20,21)22/h5-11H,1-4H3/b12-8+,13-9+,18-10+. The van der Waals surface area contributed by atoms with Crippen LogP contribution < -0.4 is 0 Å². The van der Waals surface area contributed by atoms with Crippen LogP contribution >= 0.6 is 24.0 Å². The van der Waals surface area contributed by atoms with Gasteiger partial charge in [0.25, 0.3) is 0 Å². The lowest BCUT2D eigenvalue weighted by molar-refractivity contribution is -0.137. The van der Waals surface area contributed by atoms with Crippen molar-refractivity contribution < 1.29 is 18.0 Å². The van der Waals surface area contributed by atoms with Crippen LogP contribution in [0.1, 0.15) is 38.8 Å². The van der Waals surface area contributed by atoms with Crippen molar-refractivity contribution in [2.45, 2.75) is 33.9 Å². The number of allylic oxidation sites excluding steroid dienone is 6. The van der Waals surface area contributed by atoms with Crippen molar-refractivity contribution >= 4 is 39.5 Å². The first-order valence-electron chi connectivity index (χ1n) is 7.44. The molecule has 0 spiro atoms. The van der Waals surface area contributed by atoms with Crippen LogP contribution in [0.4, 0.5) is 13.2 Å². The third-order valence-electron chi connectivity index (χ3n) is 3.20. The van der Waals surface area contributed by atoms with Crippen molar-refractivity contribution in [1.82, 2.24) is 0 Å². The fraction of sp³-hybridized carbons (Fsp3) is 0.263. The summed E-state index contributed by atoms with van der Waals surface area (Å²) >= 11 is 6.23. The summed E-state index contributed by atoms with van der Waals surface area (Å²) in [4.78, 5) is 12.1. The van der Waals surface area contributed by atoms with Gasteiger partial charge < -0.3 is 0 Å². The van der Waals surface area contributed by atoms with Gasteiger partial charge in [0.1, 0.15) is 0 Å². The number of carbonyl (C=O) groups is 1.